The van der Waals surface area contributed by atoms with Crippen molar-refractivity contribution in [2.75, 3.05) is 6.54 Å². The number of aliphatic hydroxyl groups is 1. The van der Waals surface area contributed by atoms with Gasteiger partial charge in [-0.1, -0.05) is 25.5 Å². The molecule has 0 aromatic heterocycles. The smallest absolute Gasteiger partial charge is 0.251 e. The number of carbonyl (C=O) groups excluding carboxylic acids is 1. The molecule has 0 radical (unpaired) electrons. The van der Waals surface area contributed by atoms with Gasteiger partial charge in [0.2, 0.25) is 0 Å². The van der Waals surface area contributed by atoms with Crippen LogP contribution in [0.15, 0.2) is 24.3 Å². The molecule has 2 rings (SSSR count). The van der Waals surface area contributed by atoms with E-state index in [1.54, 1.807) is 0 Å². The Morgan fingerprint density at radius 3 is 2.63 bits per heavy atom. The molecular weight excluding hydrogens is 238 g/mol. The Morgan fingerprint density at radius 1 is 1.37 bits per heavy atom. The summed E-state index contributed by atoms with van der Waals surface area (Å²) in [6, 6.07) is 7.76. The van der Waals surface area contributed by atoms with E-state index in [1.807, 2.05) is 24.3 Å². The van der Waals surface area contributed by atoms with Crippen LogP contribution in [0.25, 0.3) is 0 Å². The number of hydrogen-bond acceptors (Lipinski definition) is 2. The Kier molecular flexibility index (Phi) is 4.97. The fraction of sp³-hybridized carbons (Fsp3) is 0.562. The van der Waals surface area contributed by atoms with E-state index in [4.69, 9.17) is 0 Å². The number of aliphatic hydroxyl groups excluding tert-OH is 1. The second-order valence-corrected chi connectivity index (χ2v) is 5.42. The Bertz CT molecular complexity index is 409. The molecule has 3 heteroatoms. The highest BCUT2D eigenvalue weighted by atomic mass is 16.3. The molecule has 0 aliphatic heterocycles. The van der Waals surface area contributed by atoms with Gasteiger partial charge in [-0.2, -0.15) is 0 Å². The van der Waals surface area contributed by atoms with Crippen LogP contribution in [0.5, 0.6) is 0 Å². The first-order valence-electron chi connectivity index (χ1n) is 7.26. The van der Waals surface area contributed by atoms with Crippen molar-refractivity contribution in [3.8, 4) is 0 Å². The average Bonchev–Trinajstić information content (AvgIpc) is 3.27. The lowest BCUT2D eigenvalue weighted by molar-refractivity contribution is 0.0901. The maximum absolute atomic E-state index is 11.9. The number of unbranched alkanes of at least 4 members (excludes halogenated alkanes) is 1. The number of amides is 1. The van der Waals surface area contributed by atoms with Gasteiger partial charge < -0.3 is 10.4 Å². The second kappa shape index (κ2) is 6.71. The molecule has 1 aliphatic rings. The quantitative estimate of drug-likeness (QED) is 0.792. The van der Waals surface area contributed by atoms with Gasteiger partial charge in [0.15, 0.2) is 0 Å². The van der Waals surface area contributed by atoms with Crippen LogP contribution >= 0.6 is 0 Å². The summed E-state index contributed by atoms with van der Waals surface area (Å²) in [5, 5.41) is 12.5. The molecule has 19 heavy (non-hydrogen) atoms. The normalized spacial score (nSPS) is 16.1. The minimum Gasteiger partial charge on any atom is -0.391 e. The molecule has 104 valence electrons. The first-order chi connectivity index (χ1) is 9.20. The number of benzene rings is 1. The maximum atomic E-state index is 11.9. The van der Waals surface area contributed by atoms with Gasteiger partial charge >= 0.3 is 0 Å². The summed E-state index contributed by atoms with van der Waals surface area (Å²) in [4.78, 5) is 11.9. The minimum atomic E-state index is -0.382. The number of carbonyl (C=O) groups is 1. The number of nitrogens with one attached hydrogen (secondary N) is 1. The predicted octanol–water partition coefficient (Wildman–Crippen LogP) is 2.53. The van der Waals surface area contributed by atoms with Gasteiger partial charge in [-0.15, -0.1) is 0 Å². The van der Waals surface area contributed by atoms with Crippen LogP contribution in [0, 0.1) is 5.92 Å². The second-order valence-electron chi connectivity index (χ2n) is 5.42. The topological polar surface area (TPSA) is 49.3 Å². The van der Waals surface area contributed by atoms with E-state index in [0.29, 0.717) is 18.0 Å². The highest BCUT2D eigenvalue weighted by Crippen LogP contribution is 2.32. The van der Waals surface area contributed by atoms with E-state index in [9.17, 15) is 9.90 Å². The molecule has 1 amide bonds. The Hall–Kier alpha value is -1.35. The number of hydrogen-bond donors (Lipinski definition) is 2. The van der Waals surface area contributed by atoms with Gasteiger partial charge in [-0.05, 0) is 49.3 Å². The summed E-state index contributed by atoms with van der Waals surface area (Å²) in [5.41, 5.74) is 1.94. The Morgan fingerprint density at radius 2 is 2.05 bits per heavy atom. The lowest BCUT2D eigenvalue weighted by Crippen LogP contribution is -2.33. The third kappa shape index (κ3) is 4.35. The summed E-state index contributed by atoms with van der Waals surface area (Å²) < 4.78 is 0. The molecule has 1 unspecified atom stereocenters. The third-order valence-electron chi connectivity index (χ3n) is 3.67. The summed E-state index contributed by atoms with van der Waals surface area (Å²) in [6.07, 6.45) is 5.22. The fourth-order valence-corrected chi connectivity index (χ4v) is 2.15. The van der Waals surface area contributed by atoms with Crippen molar-refractivity contribution in [3.05, 3.63) is 35.4 Å². The predicted molar refractivity (Wildman–Crippen MR) is 76.1 cm³/mol. The van der Waals surface area contributed by atoms with E-state index >= 15 is 0 Å². The van der Waals surface area contributed by atoms with Crippen molar-refractivity contribution >= 4 is 5.91 Å². The number of aryl methyl sites for hydroxylation is 1. The molecule has 3 nitrogen and oxygen atoms in total. The van der Waals surface area contributed by atoms with E-state index < -0.39 is 0 Å². The Labute approximate surface area is 115 Å². The largest absolute Gasteiger partial charge is 0.391 e. The van der Waals surface area contributed by atoms with Gasteiger partial charge in [0.05, 0.1) is 6.10 Å². The van der Waals surface area contributed by atoms with Crippen molar-refractivity contribution in [1.82, 2.24) is 5.32 Å². The highest BCUT2D eigenvalue weighted by molar-refractivity contribution is 5.94. The zero-order valence-corrected chi connectivity index (χ0v) is 11.6. The third-order valence-corrected chi connectivity index (χ3v) is 3.67. The minimum absolute atomic E-state index is 0.0956. The van der Waals surface area contributed by atoms with Gasteiger partial charge in [0.25, 0.3) is 5.91 Å². The molecule has 2 N–H and O–H groups in total. The molecule has 0 bridgehead atoms. The summed E-state index contributed by atoms with van der Waals surface area (Å²) in [6.45, 7) is 2.54. The molecule has 0 heterocycles. The van der Waals surface area contributed by atoms with Crippen molar-refractivity contribution in [2.24, 2.45) is 5.92 Å². The van der Waals surface area contributed by atoms with Crippen LogP contribution in [-0.4, -0.2) is 23.7 Å². The van der Waals surface area contributed by atoms with Crippen molar-refractivity contribution in [1.29, 1.82) is 0 Å². The molecule has 1 aromatic rings. The van der Waals surface area contributed by atoms with Gasteiger partial charge in [0.1, 0.15) is 0 Å². The van der Waals surface area contributed by atoms with Crippen LogP contribution in [0.2, 0.25) is 0 Å². The van der Waals surface area contributed by atoms with Crippen LogP contribution in [0.1, 0.15) is 48.5 Å². The van der Waals surface area contributed by atoms with Crippen LogP contribution < -0.4 is 5.32 Å². The summed E-state index contributed by atoms with van der Waals surface area (Å²) in [5.74, 6) is 0.304. The van der Waals surface area contributed by atoms with E-state index in [1.165, 1.54) is 18.4 Å². The van der Waals surface area contributed by atoms with Crippen molar-refractivity contribution in [2.45, 2.75) is 45.1 Å². The first-order valence-corrected chi connectivity index (χ1v) is 7.26. The van der Waals surface area contributed by atoms with E-state index in [2.05, 4.69) is 12.2 Å². The Balaban J connectivity index is 1.81. The zero-order valence-electron chi connectivity index (χ0n) is 11.6. The molecule has 0 spiro atoms. The number of rotatable bonds is 7. The lowest BCUT2D eigenvalue weighted by Gasteiger charge is -2.10. The standard InChI is InChI=1S/C16H23NO2/c1-2-3-4-12-5-7-14(8-6-12)16(19)17-11-15(18)13-9-10-13/h5-8,13,15,18H,2-4,9-11H2,1H3,(H,17,19). The van der Waals surface area contributed by atoms with Gasteiger partial charge in [-0.3, -0.25) is 4.79 Å². The average molecular weight is 261 g/mol. The molecule has 1 atom stereocenters. The molecule has 1 aromatic carbocycles. The highest BCUT2D eigenvalue weighted by Gasteiger charge is 2.29. The zero-order chi connectivity index (χ0) is 13.7. The van der Waals surface area contributed by atoms with Crippen molar-refractivity contribution < 1.29 is 9.90 Å². The monoisotopic (exact) mass is 261 g/mol. The van der Waals surface area contributed by atoms with Crippen LogP contribution in [-0.2, 0) is 6.42 Å². The summed E-state index contributed by atoms with van der Waals surface area (Å²) >= 11 is 0. The molecular formula is C16H23NO2. The maximum Gasteiger partial charge on any atom is 0.251 e. The fourth-order valence-electron chi connectivity index (χ4n) is 2.15. The molecule has 1 saturated carbocycles. The lowest BCUT2D eigenvalue weighted by atomic mass is 10.1. The molecule has 0 saturated heterocycles. The van der Waals surface area contributed by atoms with Gasteiger partial charge in [0, 0.05) is 12.1 Å². The van der Waals surface area contributed by atoms with Crippen molar-refractivity contribution in [3.63, 3.8) is 0 Å². The van der Waals surface area contributed by atoms with Crippen LogP contribution in [0.3, 0.4) is 0 Å². The van der Waals surface area contributed by atoms with Gasteiger partial charge in [-0.25, -0.2) is 0 Å². The van der Waals surface area contributed by atoms with Crippen LogP contribution in [0.4, 0.5) is 0 Å². The van der Waals surface area contributed by atoms with E-state index in [-0.39, 0.29) is 12.0 Å². The molecule has 1 fully saturated rings. The van der Waals surface area contributed by atoms with E-state index in [0.717, 1.165) is 19.3 Å². The summed E-state index contributed by atoms with van der Waals surface area (Å²) in [7, 11) is 0. The first kappa shape index (κ1) is 14.1. The molecule has 1 aliphatic carbocycles. The SMILES string of the molecule is CCCCc1ccc(C(=O)NCC(O)C2CC2)cc1.